The van der Waals surface area contributed by atoms with Gasteiger partial charge < -0.3 is 19.6 Å². The molecule has 0 aromatic carbocycles. The zero-order valence-corrected chi connectivity index (χ0v) is 19.1. The van der Waals surface area contributed by atoms with Crippen molar-refractivity contribution in [3.05, 3.63) is 41.5 Å². The molecule has 0 amide bonds. The Morgan fingerprint density at radius 1 is 1.33 bits per heavy atom. The number of carbonyl (C=O) groups is 1. The maximum absolute atomic E-state index is 14.5. The summed E-state index contributed by atoms with van der Waals surface area (Å²) in [5, 5.41) is 3.95. The van der Waals surface area contributed by atoms with Gasteiger partial charge in [-0.1, -0.05) is 0 Å². The van der Waals surface area contributed by atoms with Gasteiger partial charge in [0, 0.05) is 18.2 Å². The Kier molecular flexibility index (Phi) is 6.36. The quantitative estimate of drug-likeness (QED) is 0.216. The van der Waals surface area contributed by atoms with Gasteiger partial charge in [-0.05, 0) is 19.1 Å². The fourth-order valence-electron chi connectivity index (χ4n) is 3.73. The number of ether oxygens (including phenoxy) is 1. The van der Waals surface area contributed by atoms with E-state index >= 15 is 0 Å². The summed E-state index contributed by atoms with van der Waals surface area (Å²) in [6.07, 6.45) is -0.147. The Bertz CT molecular complexity index is 1430. The second-order valence-corrected chi connectivity index (χ2v) is 9.10. The Hall–Kier alpha value is -3.76. The normalized spacial score (nSPS) is 18.6. The Balaban J connectivity index is 1.79. The fraction of sp³-hybridized carbons (Fsp3) is 0.368. The molecule has 3 aromatic heterocycles. The van der Waals surface area contributed by atoms with Crippen LogP contribution in [0.25, 0.3) is 5.65 Å². The maximum atomic E-state index is 14.5. The van der Waals surface area contributed by atoms with Crippen LogP contribution in [-0.2, 0) is 14.9 Å². The summed E-state index contributed by atoms with van der Waals surface area (Å²) < 4.78 is 101. The number of esters is 1. The van der Waals surface area contributed by atoms with Crippen LogP contribution in [0.2, 0.25) is 0 Å². The third-order valence-electron chi connectivity index (χ3n) is 5.20. The van der Waals surface area contributed by atoms with Crippen molar-refractivity contribution in [3.8, 4) is 5.88 Å². The highest BCUT2D eigenvalue weighted by Crippen LogP contribution is 2.41. The number of carbonyl (C=O) groups excluding carboxylic acids is 1. The Morgan fingerprint density at radius 2 is 2.06 bits per heavy atom. The van der Waals surface area contributed by atoms with Gasteiger partial charge in [-0.15, -0.1) is 5.10 Å². The van der Waals surface area contributed by atoms with E-state index in [1.165, 1.54) is 17.2 Å². The smallest absolute Gasteiger partial charge is 0.462 e. The summed E-state index contributed by atoms with van der Waals surface area (Å²) in [4.78, 5) is 21.2. The molecule has 4 heterocycles. The minimum atomic E-state index is -6.15. The van der Waals surface area contributed by atoms with E-state index < -0.39 is 51.1 Å². The van der Waals surface area contributed by atoms with Crippen molar-refractivity contribution in [1.29, 1.82) is 0 Å². The molecule has 11 nitrogen and oxygen atoms in total. The van der Waals surface area contributed by atoms with Crippen LogP contribution in [0.15, 0.2) is 24.5 Å². The second-order valence-electron chi connectivity index (χ2n) is 7.57. The molecule has 4 rings (SSSR count). The minimum absolute atomic E-state index is 0.00647. The summed E-state index contributed by atoms with van der Waals surface area (Å²) >= 11 is 0. The van der Waals surface area contributed by atoms with Gasteiger partial charge in [0.2, 0.25) is 5.88 Å². The van der Waals surface area contributed by atoms with E-state index in [9.17, 15) is 35.2 Å². The van der Waals surface area contributed by atoms with Gasteiger partial charge in [0.05, 0.1) is 25.4 Å². The number of nitrogen functional groups attached to an aromatic ring is 1. The molecule has 0 unspecified atom stereocenters. The molecular formula is C19H17F5N6O5S. The van der Waals surface area contributed by atoms with Crippen LogP contribution in [0.5, 0.6) is 5.88 Å². The lowest BCUT2D eigenvalue weighted by Gasteiger charge is -2.26. The summed E-state index contributed by atoms with van der Waals surface area (Å²) in [6, 6.07) is 0.811. The molecule has 0 saturated carbocycles. The highest BCUT2D eigenvalue weighted by Gasteiger charge is 2.49. The molecule has 2 N–H and O–H groups in total. The zero-order chi connectivity index (χ0) is 26.4. The number of halogens is 5. The number of hydrogen-bond donors (Lipinski definition) is 1. The molecule has 3 aromatic rings. The number of pyridine rings is 1. The lowest BCUT2D eigenvalue weighted by atomic mass is 10.1. The summed E-state index contributed by atoms with van der Waals surface area (Å²) in [5.74, 6) is -3.10. The number of rotatable bonds is 6. The molecule has 194 valence electrons. The number of fused-ring (bicyclic) bond motifs is 1. The molecule has 1 aliphatic rings. The second kappa shape index (κ2) is 9.03. The van der Waals surface area contributed by atoms with Gasteiger partial charge in [0.15, 0.2) is 11.5 Å². The monoisotopic (exact) mass is 536 g/mol. The molecule has 0 spiro atoms. The van der Waals surface area contributed by atoms with Gasteiger partial charge in [0.1, 0.15) is 23.4 Å². The van der Waals surface area contributed by atoms with Crippen molar-refractivity contribution in [2.24, 2.45) is 0 Å². The van der Waals surface area contributed by atoms with Crippen molar-refractivity contribution in [2.45, 2.75) is 31.1 Å². The minimum Gasteiger partial charge on any atom is -0.462 e. The average molecular weight is 536 g/mol. The standard InChI is InChI=1S/C19H17F5N6O5S/c1-2-34-18(31)14-15(25)28-30-4-3-13(27-16(14)30)29-8-10(21)6-12(29)11-5-9(20)7-26-17(11)35-36(32,33)19(22,23)24/h3-5,7,10,12H,2,6,8H2,1H3,(H2,25,28)/t10-,12+/m0/s1. The topological polar surface area (TPSA) is 142 Å². The van der Waals surface area contributed by atoms with Gasteiger partial charge in [-0.3, -0.25) is 0 Å². The lowest BCUT2D eigenvalue weighted by molar-refractivity contribution is -0.0501. The number of anilines is 2. The Morgan fingerprint density at radius 3 is 2.72 bits per heavy atom. The number of aromatic nitrogens is 4. The zero-order valence-electron chi connectivity index (χ0n) is 18.2. The van der Waals surface area contributed by atoms with E-state index in [1.54, 1.807) is 6.92 Å². The van der Waals surface area contributed by atoms with Gasteiger partial charge in [-0.25, -0.2) is 28.1 Å². The SMILES string of the molecule is CCOC(=O)c1c(N)nn2ccc(N3C[C@@H](F)C[C@@H]3c3cc(F)cnc3OS(=O)(=O)C(F)(F)F)nc12. The molecule has 1 fully saturated rings. The van der Waals surface area contributed by atoms with E-state index in [4.69, 9.17) is 10.5 Å². The summed E-state index contributed by atoms with van der Waals surface area (Å²) in [6.45, 7) is 1.25. The van der Waals surface area contributed by atoms with E-state index in [2.05, 4.69) is 19.2 Å². The first kappa shape index (κ1) is 25.3. The first-order valence-electron chi connectivity index (χ1n) is 10.2. The third kappa shape index (κ3) is 4.57. The third-order valence-corrected chi connectivity index (χ3v) is 6.14. The molecule has 0 aliphatic carbocycles. The number of alkyl halides is 4. The first-order chi connectivity index (χ1) is 16.8. The van der Waals surface area contributed by atoms with Crippen LogP contribution in [-0.4, -0.2) is 58.8 Å². The molecule has 36 heavy (non-hydrogen) atoms. The van der Waals surface area contributed by atoms with Crippen LogP contribution >= 0.6 is 0 Å². The van der Waals surface area contributed by atoms with E-state index in [-0.39, 0.29) is 42.4 Å². The van der Waals surface area contributed by atoms with Crippen molar-refractivity contribution in [1.82, 2.24) is 19.6 Å². The summed E-state index contributed by atoms with van der Waals surface area (Å²) in [5.41, 5.74) is -0.665. The number of hydrogen-bond acceptors (Lipinski definition) is 10. The van der Waals surface area contributed by atoms with E-state index in [0.717, 1.165) is 4.52 Å². The molecule has 2 atom stereocenters. The van der Waals surface area contributed by atoms with Crippen LogP contribution in [0, 0.1) is 5.82 Å². The van der Waals surface area contributed by atoms with E-state index in [1.807, 2.05) is 0 Å². The predicted octanol–water partition coefficient (Wildman–Crippen LogP) is 2.54. The molecule has 0 bridgehead atoms. The average Bonchev–Trinajstić information content (AvgIpc) is 3.32. The van der Waals surface area contributed by atoms with Gasteiger partial charge in [0.25, 0.3) is 0 Å². The first-order valence-corrected chi connectivity index (χ1v) is 11.6. The maximum Gasteiger partial charge on any atom is 0.534 e. The molecular weight excluding hydrogens is 519 g/mol. The largest absolute Gasteiger partial charge is 0.534 e. The number of nitrogens with zero attached hydrogens (tertiary/aromatic N) is 5. The van der Waals surface area contributed by atoms with Crippen LogP contribution in [0.3, 0.4) is 0 Å². The van der Waals surface area contributed by atoms with Crippen LogP contribution in [0.4, 0.5) is 33.6 Å². The van der Waals surface area contributed by atoms with Gasteiger partial charge >= 0.3 is 21.6 Å². The van der Waals surface area contributed by atoms with Crippen molar-refractivity contribution in [2.75, 3.05) is 23.8 Å². The van der Waals surface area contributed by atoms with Crippen LogP contribution in [0.1, 0.15) is 35.3 Å². The Labute approximate surface area is 199 Å². The van der Waals surface area contributed by atoms with E-state index in [0.29, 0.717) is 12.3 Å². The highest BCUT2D eigenvalue weighted by molar-refractivity contribution is 7.87. The highest BCUT2D eigenvalue weighted by atomic mass is 32.2. The number of nitrogens with two attached hydrogens (primary N) is 1. The molecule has 1 aliphatic heterocycles. The molecule has 0 radical (unpaired) electrons. The molecule has 17 heteroatoms. The fourth-order valence-corrected chi connectivity index (χ4v) is 4.17. The predicted molar refractivity (Wildman–Crippen MR) is 113 cm³/mol. The lowest BCUT2D eigenvalue weighted by Crippen LogP contribution is -2.30. The summed E-state index contributed by atoms with van der Waals surface area (Å²) in [7, 11) is -6.15. The van der Waals surface area contributed by atoms with Gasteiger partial charge in [-0.2, -0.15) is 21.6 Å². The van der Waals surface area contributed by atoms with Crippen molar-refractivity contribution < 1.29 is 44.1 Å². The van der Waals surface area contributed by atoms with Crippen LogP contribution < -0.4 is 14.8 Å². The van der Waals surface area contributed by atoms with Crippen molar-refractivity contribution >= 4 is 33.4 Å². The van der Waals surface area contributed by atoms with Crippen molar-refractivity contribution in [3.63, 3.8) is 0 Å². The molecule has 1 saturated heterocycles.